The molecule has 1 N–H and O–H groups in total. The van der Waals surface area contributed by atoms with Crippen molar-refractivity contribution >= 4 is 32.2 Å². The number of hydrogen-bond acceptors (Lipinski definition) is 6. The highest BCUT2D eigenvalue weighted by atomic mass is 32.2. The Morgan fingerprint density at radius 3 is 2.50 bits per heavy atom. The Balaban J connectivity index is 1.66. The van der Waals surface area contributed by atoms with Crippen LogP contribution in [0.5, 0.6) is 5.75 Å². The fourth-order valence-corrected chi connectivity index (χ4v) is 3.89. The summed E-state index contributed by atoms with van der Waals surface area (Å²) in [6.07, 6.45) is 1.08. The van der Waals surface area contributed by atoms with Gasteiger partial charge in [-0.2, -0.15) is 0 Å². The van der Waals surface area contributed by atoms with E-state index in [9.17, 15) is 13.2 Å². The molecule has 7 nitrogen and oxygen atoms in total. The second-order valence-electron chi connectivity index (χ2n) is 7.16. The highest BCUT2D eigenvalue weighted by Gasteiger charge is 2.17. The number of ether oxygens (including phenoxy) is 1. The second kappa shape index (κ2) is 8.76. The Morgan fingerprint density at radius 2 is 1.78 bits per heavy atom. The lowest BCUT2D eigenvalue weighted by Crippen LogP contribution is -2.14. The van der Waals surface area contributed by atoms with E-state index in [-0.39, 0.29) is 10.9 Å². The van der Waals surface area contributed by atoms with Crippen LogP contribution in [0.15, 0.2) is 77.8 Å². The Morgan fingerprint density at radius 1 is 0.969 bits per heavy atom. The molecule has 4 rings (SSSR count). The average molecular weight is 448 g/mol. The molecule has 3 aromatic carbocycles. The van der Waals surface area contributed by atoms with Gasteiger partial charge in [0.05, 0.1) is 17.9 Å². The highest BCUT2D eigenvalue weighted by molar-refractivity contribution is 7.90. The summed E-state index contributed by atoms with van der Waals surface area (Å²) in [5.74, 6) is 0.225. The fourth-order valence-electron chi connectivity index (χ4n) is 3.38. The van der Waals surface area contributed by atoms with Crippen molar-refractivity contribution in [2.75, 3.05) is 18.2 Å². The molecule has 1 amide bonds. The lowest BCUT2D eigenvalue weighted by molar-refractivity contribution is 0.102. The number of rotatable bonds is 6. The molecule has 32 heavy (non-hydrogen) atoms. The van der Waals surface area contributed by atoms with Gasteiger partial charge in [-0.05, 0) is 48.0 Å². The van der Waals surface area contributed by atoms with Crippen LogP contribution in [0, 0.1) is 0 Å². The molecule has 0 fully saturated rings. The summed E-state index contributed by atoms with van der Waals surface area (Å²) in [7, 11) is -3.43. The van der Waals surface area contributed by atoms with Crippen molar-refractivity contribution in [3.63, 3.8) is 0 Å². The number of fused-ring (bicyclic) bond motifs is 1. The monoisotopic (exact) mass is 447 g/mol. The molecular formula is C24H21N3O4S. The van der Waals surface area contributed by atoms with Crippen LogP contribution in [0.25, 0.3) is 22.0 Å². The SMILES string of the molecule is CCOc1ccc2ccccc2c1C(=O)Nc1cccc(-c2ccc(S(C)(=O)=O)nn2)c1. The molecule has 0 aliphatic carbocycles. The van der Waals surface area contributed by atoms with Gasteiger partial charge in [-0.1, -0.05) is 42.5 Å². The summed E-state index contributed by atoms with van der Waals surface area (Å²) in [5.41, 5.74) is 2.22. The summed E-state index contributed by atoms with van der Waals surface area (Å²) in [4.78, 5) is 13.2. The number of sulfone groups is 1. The summed E-state index contributed by atoms with van der Waals surface area (Å²) < 4.78 is 28.9. The third-order valence-electron chi connectivity index (χ3n) is 4.85. The number of amides is 1. The van der Waals surface area contributed by atoms with E-state index >= 15 is 0 Å². The average Bonchev–Trinajstić information content (AvgIpc) is 2.79. The van der Waals surface area contributed by atoms with E-state index in [1.54, 1.807) is 30.3 Å². The Bertz CT molecular complexity index is 1400. The first-order chi connectivity index (χ1) is 15.4. The van der Waals surface area contributed by atoms with Gasteiger partial charge in [0.25, 0.3) is 5.91 Å². The van der Waals surface area contributed by atoms with Crippen LogP contribution in [0.3, 0.4) is 0 Å². The number of nitrogens with one attached hydrogen (secondary N) is 1. The number of anilines is 1. The van der Waals surface area contributed by atoms with Crippen molar-refractivity contribution in [1.82, 2.24) is 10.2 Å². The van der Waals surface area contributed by atoms with Crippen molar-refractivity contribution in [3.8, 4) is 17.0 Å². The van der Waals surface area contributed by atoms with E-state index in [2.05, 4.69) is 15.5 Å². The van der Waals surface area contributed by atoms with Gasteiger partial charge in [0.2, 0.25) is 0 Å². The van der Waals surface area contributed by atoms with Crippen LogP contribution >= 0.6 is 0 Å². The van der Waals surface area contributed by atoms with Crippen LogP contribution in [0.1, 0.15) is 17.3 Å². The van der Waals surface area contributed by atoms with Gasteiger partial charge in [-0.3, -0.25) is 4.79 Å². The molecule has 0 atom stereocenters. The zero-order valence-electron chi connectivity index (χ0n) is 17.6. The summed E-state index contributed by atoms with van der Waals surface area (Å²) >= 11 is 0. The molecule has 0 bridgehead atoms. The molecule has 0 saturated carbocycles. The first-order valence-corrected chi connectivity index (χ1v) is 11.9. The minimum Gasteiger partial charge on any atom is -0.493 e. The number of carbonyl (C=O) groups excluding carboxylic acids is 1. The fraction of sp³-hybridized carbons (Fsp3) is 0.125. The smallest absolute Gasteiger partial charge is 0.260 e. The number of aromatic nitrogens is 2. The quantitative estimate of drug-likeness (QED) is 0.472. The van der Waals surface area contributed by atoms with Crippen LogP contribution in [-0.4, -0.2) is 37.4 Å². The zero-order valence-corrected chi connectivity index (χ0v) is 18.4. The number of benzene rings is 3. The van der Waals surface area contributed by atoms with E-state index in [1.807, 2.05) is 43.3 Å². The molecule has 1 aromatic heterocycles. The predicted octanol–water partition coefficient (Wildman–Crippen LogP) is 4.35. The zero-order chi connectivity index (χ0) is 22.7. The first-order valence-electron chi connectivity index (χ1n) is 9.97. The molecular weight excluding hydrogens is 426 g/mol. The van der Waals surface area contributed by atoms with Gasteiger partial charge >= 0.3 is 0 Å². The van der Waals surface area contributed by atoms with E-state index in [0.717, 1.165) is 17.0 Å². The topological polar surface area (TPSA) is 98.2 Å². The van der Waals surface area contributed by atoms with E-state index < -0.39 is 9.84 Å². The van der Waals surface area contributed by atoms with Gasteiger partial charge in [0.15, 0.2) is 14.9 Å². The highest BCUT2D eigenvalue weighted by Crippen LogP contribution is 2.30. The molecule has 0 aliphatic heterocycles. The van der Waals surface area contributed by atoms with Crippen LogP contribution in [0.4, 0.5) is 5.69 Å². The molecule has 8 heteroatoms. The largest absolute Gasteiger partial charge is 0.493 e. The molecule has 162 valence electrons. The third kappa shape index (κ3) is 4.45. The van der Waals surface area contributed by atoms with Crippen molar-refractivity contribution in [2.24, 2.45) is 0 Å². The van der Waals surface area contributed by atoms with E-state index in [4.69, 9.17) is 4.74 Å². The van der Waals surface area contributed by atoms with Gasteiger partial charge in [-0.25, -0.2) is 8.42 Å². The Hall–Kier alpha value is -3.78. The van der Waals surface area contributed by atoms with Crippen molar-refractivity contribution < 1.29 is 17.9 Å². The standard InChI is InChI=1S/C24H21N3O4S/c1-3-31-21-13-11-16-7-4-5-10-19(16)23(21)24(28)25-18-9-6-8-17(15-18)20-12-14-22(27-26-20)32(2,29)30/h4-15H,3H2,1-2H3,(H,25,28). The Kier molecular flexibility index (Phi) is 5.87. The molecule has 1 heterocycles. The molecule has 0 radical (unpaired) electrons. The van der Waals surface area contributed by atoms with Gasteiger partial charge in [-0.15, -0.1) is 10.2 Å². The van der Waals surface area contributed by atoms with Gasteiger partial charge in [0.1, 0.15) is 5.75 Å². The molecule has 0 spiro atoms. The second-order valence-corrected chi connectivity index (χ2v) is 9.12. The van der Waals surface area contributed by atoms with Crippen LogP contribution in [0.2, 0.25) is 0 Å². The molecule has 0 saturated heterocycles. The maximum Gasteiger partial charge on any atom is 0.260 e. The van der Waals surface area contributed by atoms with E-state index in [0.29, 0.717) is 34.9 Å². The van der Waals surface area contributed by atoms with Crippen molar-refractivity contribution in [3.05, 3.63) is 78.4 Å². The lowest BCUT2D eigenvalue weighted by Gasteiger charge is -2.14. The first kappa shape index (κ1) is 21.5. The Labute approximate surface area is 186 Å². The van der Waals surface area contributed by atoms with Crippen LogP contribution < -0.4 is 10.1 Å². The van der Waals surface area contributed by atoms with Gasteiger partial charge < -0.3 is 10.1 Å². The summed E-state index contributed by atoms with van der Waals surface area (Å²) in [5, 5.41) is 12.4. The summed E-state index contributed by atoms with van der Waals surface area (Å²) in [6.45, 7) is 2.31. The lowest BCUT2D eigenvalue weighted by atomic mass is 10.0. The summed E-state index contributed by atoms with van der Waals surface area (Å²) in [6, 6.07) is 21.5. The normalized spacial score (nSPS) is 11.3. The van der Waals surface area contributed by atoms with Gasteiger partial charge in [0, 0.05) is 17.5 Å². The van der Waals surface area contributed by atoms with Crippen molar-refractivity contribution in [2.45, 2.75) is 11.9 Å². The third-order valence-corrected chi connectivity index (χ3v) is 5.83. The minimum absolute atomic E-state index is 0.0925. The van der Waals surface area contributed by atoms with Crippen molar-refractivity contribution in [1.29, 1.82) is 0 Å². The van der Waals surface area contributed by atoms with Crippen LogP contribution in [-0.2, 0) is 9.84 Å². The maximum atomic E-state index is 13.2. The van der Waals surface area contributed by atoms with E-state index in [1.165, 1.54) is 6.07 Å². The number of nitrogens with zero attached hydrogens (tertiary/aromatic N) is 2. The number of hydrogen-bond donors (Lipinski definition) is 1. The molecule has 0 unspecified atom stereocenters. The molecule has 0 aliphatic rings. The minimum atomic E-state index is -3.43. The number of carbonyl (C=O) groups is 1. The maximum absolute atomic E-state index is 13.2. The molecule has 4 aromatic rings. The predicted molar refractivity (Wildman–Crippen MR) is 124 cm³/mol.